The van der Waals surface area contributed by atoms with Crippen molar-refractivity contribution in [1.29, 1.82) is 0 Å². The van der Waals surface area contributed by atoms with Gasteiger partial charge in [0.1, 0.15) is 0 Å². The van der Waals surface area contributed by atoms with Crippen LogP contribution in [-0.2, 0) is 13.1 Å². The quantitative estimate of drug-likeness (QED) is 0.613. The molecule has 0 fully saturated rings. The average Bonchev–Trinajstić information content (AvgIpc) is 2.55. The molecule has 1 aromatic rings. The van der Waals surface area contributed by atoms with E-state index in [0.717, 1.165) is 0 Å². The fraction of sp³-hybridized carbons (Fsp3) is 0.125. The third-order valence-electron chi connectivity index (χ3n) is 1.90. The predicted molar refractivity (Wildman–Crippen MR) is 62.7 cm³/mol. The number of hydrogen-bond donors (Lipinski definition) is 1. The van der Waals surface area contributed by atoms with Crippen molar-refractivity contribution in [1.82, 2.24) is 2.94 Å². The molecule has 0 unspecified atom stereocenters. The number of nitrogens with one attached hydrogen (secondary N) is 1. The molecule has 0 aromatic heterocycles. The van der Waals surface area contributed by atoms with Crippen molar-refractivity contribution >= 4 is 36.5 Å². The van der Waals surface area contributed by atoms with Gasteiger partial charge in [-0.2, -0.15) is 0 Å². The van der Waals surface area contributed by atoms with Gasteiger partial charge in [0.25, 0.3) is 0 Å². The average molecular weight is 395 g/mol. The zero-order chi connectivity index (χ0) is 13.6. The summed E-state index contributed by atoms with van der Waals surface area (Å²) in [6.45, 7) is 0. The molecule has 0 saturated heterocycles. The van der Waals surface area contributed by atoms with Gasteiger partial charge >= 0.3 is 108 Å². The third-order valence-corrected chi connectivity index (χ3v) is 8.63. The van der Waals surface area contributed by atoms with Gasteiger partial charge in [0.15, 0.2) is 0 Å². The third kappa shape index (κ3) is 2.31. The second-order valence-corrected chi connectivity index (χ2v) is 9.09. The van der Waals surface area contributed by atoms with Gasteiger partial charge in [0.05, 0.1) is 0 Å². The van der Waals surface area contributed by atoms with Gasteiger partial charge in [-0.25, -0.2) is 0 Å². The van der Waals surface area contributed by atoms with Crippen LogP contribution in [-0.4, -0.2) is 19.9 Å². The van der Waals surface area contributed by atoms with Gasteiger partial charge in [-0.1, -0.05) is 0 Å². The molecule has 100 valence electrons. The number of alkyl halides is 3. The maximum absolute atomic E-state index is 12.2. The molecule has 2 rings (SSSR count). The van der Waals surface area contributed by atoms with Gasteiger partial charge in [-0.3, -0.25) is 0 Å². The molecule has 1 aliphatic heterocycles. The van der Waals surface area contributed by atoms with Crippen LogP contribution in [0.5, 0.6) is 0 Å². The van der Waals surface area contributed by atoms with Crippen LogP contribution in [0, 0.1) is 3.57 Å². The molecule has 0 saturated carbocycles. The van der Waals surface area contributed by atoms with E-state index >= 15 is 0 Å². The molecule has 1 N–H and O–H groups in total. The van der Waals surface area contributed by atoms with Crippen LogP contribution in [0.25, 0.3) is 0 Å². The fourth-order valence-electron chi connectivity index (χ4n) is 1.12. The van der Waals surface area contributed by atoms with Crippen molar-refractivity contribution in [3.63, 3.8) is 0 Å². The van der Waals surface area contributed by atoms with Gasteiger partial charge in [-0.05, 0) is 0 Å². The normalized spacial score (nSPS) is 17.5. The number of benzene rings is 1. The maximum atomic E-state index is 12.2. The Morgan fingerprint density at radius 2 is 1.83 bits per heavy atom. The minimum absolute atomic E-state index is 0.104. The molecule has 10 heteroatoms. The number of carbonyl (C=O) groups is 1. The summed E-state index contributed by atoms with van der Waals surface area (Å²) in [5, 5.41) is 0. The molecule has 0 bridgehead atoms. The summed E-state index contributed by atoms with van der Waals surface area (Å²) in [4.78, 5) is 11.3. The summed E-state index contributed by atoms with van der Waals surface area (Å²) in [7, 11) is -5.50. The fourth-order valence-corrected chi connectivity index (χ4v) is 7.16. The van der Waals surface area contributed by atoms with Crippen LogP contribution in [0.3, 0.4) is 0 Å². The Labute approximate surface area is 108 Å². The van der Waals surface area contributed by atoms with Crippen molar-refractivity contribution in [2.45, 2.75) is 5.51 Å². The van der Waals surface area contributed by atoms with Crippen LogP contribution in [0.4, 0.5) is 13.2 Å². The number of rotatable bonds is 2. The molecule has 1 aromatic carbocycles. The first-order valence-corrected chi connectivity index (χ1v) is 8.85. The molecule has 5 nitrogen and oxygen atoms in total. The first-order valence-electron chi connectivity index (χ1n) is 4.33. The van der Waals surface area contributed by atoms with E-state index in [2.05, 4.69) is 0 Å². The van der Waals surface area contributed by atoms with Crippen molar-refractivity contribution in [2.75, 3.05) is 0 Å². The standard InChI is InChI=1S/C8H5F3INO4S/c9-8(10,11)18(15,16)13-12-6-4-2-1-3-5(6)7(14)17-12/h1-4,13H. The molecule has 18 heavy (non-hydrogen) atoms. The van der Waals surface area contributed by atoms with E-state index in [0.29, 0.717) is 0 Å². The number of carbonyl (C=O) groups excluding carboxylic acids is 1. The van der Waals surface area contributed by atoms with E-state index in [-0.39, 0.29) is 9.13 Å². The summed E-state index contributed by atoms with van der Waals surface area (Å²) < 4.78 is 64.8. The molecule has 0 amide bonds. The Bertz CT molecular complexity index is 601. The summed E-state index contributed by atoms with van der Waals surface area (Å²) in [5.41, 5.74) is -5.32. The predicted octanol–water partition coefficient (Wildman–Crippen LogP) is 1.80. The van der Waals surface area contributed by atoms with E-state index in [4.69, 9.17) is 3.07 Å². The first kappa shape index (κ1) is 13.5. The van der Waals surface area contributed by atoms with E-state index in [9.17, 15) is 26.4 Å². The van der Waals surface area contributed by atoms with Crippen LogP contribution < -0.4 is 2.94 Å². The Morgan fingerprint density at radius 3 is 2.44 bits per heavy atom. The molecule has 1 heterocycles. The Balaban J connectivity index is 2.32. The summed E-state index contributed by atoms with van der Waals surface area (Å²) in [5.74, 6) is -0.805. The molecule has 0 aliphatic carbocycles. The number of hydrogen-bond acceptors (Lipinski definition) is 4. The van der Waals surface area contributed by atoms with E-state index < -0.39 is 42.0 Å². The minimum atomic E-state index is -5.50. The molecule has 0 spiro atoms. The number of sulfonamides is 1. The monoisotopic (exact) mass is 395 g/mol. The summed E-state index contributed by atoms with van der Waals surface area (Å²) in [6.07, 6.45) is 0. The SMILES string of the molecule is O=C1OI(NS(=O)(=O)C(F)(F)F)c2ccccc21. The van der Waals surface area contributed by atoms with Gasteiger partial charge in [-0.15, -0.1) is 0 Å². The van der Waals surface area contributed by atoms with Crippen molar-refractivity contribution in [3.05, 3.63) is 33.4 Å². The number of halogens is 4. The van der Waals surface area contributed by atoms with Gasteiger partial charge < -0.3 is 0 Å². The molecule has 1 aliphatic rings. The van der Waals surface area contributed by atoms with Gasteiger partial charge in [0.2, 0.25) is 0 Å². The van der Waals surface area contributed by atoms with Crippen LogP contribution in [0.15, 0.2) is 24.3 Å². The van der Waals surface area contributed by atoms with E-state index in [1.54, 1.807) is 0 Å². The molecule has 0 radical (unpaired) electrons. The molecular weight excluding hydrogens is 390 g/mol. The van der Waals surface area contributed by atoms with Crippen molar-refractivity contribution in [2.24, 2.45) is 0 Å². The second-order valence-electron chi connectivity index (χ2n) is 3.12. The first-order chi connectivity index (χ1) is 8.22. The Hall–Kier alpha value is -0.880. The van der Waals surface area contributed by atoms with Crippen LogP contribution in [0.1, 0.15) is 10.4 Å². The Morgan fingerprint density at radius 1 is 1.22 bits per heavy atom. The van der Waals surface area contributed by atoms with E-state index in [1.165, 1.54) is 27.2 Å². The van der Waals surface area contributed by atoms with Crippen LogP contribution in [0.2, 0.25) is 0 Å². The topological polar surface area (TPSA) is 72.5 Å². The summed E-state index contributed by atoms with van der Waals surface area (Å²) in [6, 6.07) is 5.76. The van der Waals surface area contributed by atoms with E-state index in [1.807, 2.05) is 0 Å². The molecule has 0 atom stereocenters. The molecular formula is C8H5F3INO4S. The number of fused-ring (bicyclic) bond motifs is 1. The van der Waals surface area contributed by atoms with Crippen LogP contribution >= 0.6 is 20.5 Å². The van der Waals surface area contributed by atoms with Gasteiger partial charge in [0, 0.05) is 0 Å². The second kappa shape index (κ2) is 4.35. The summed E-state index contributed by atoms with van der Waals surface area (Å²) >= 11 is -3.36. The zero-order valence-corrected chi connectivity index (χ0v) is 11.3. The Kier molecular flexibility index (Phi) is 3.27. The van der Waals surface area contributed by atoms with Crippen molar-refractivity contribution < 1.29 is 29.4 Å². The van der Waals surface area contributed by atoms with Crippen molar-refractivity contribution in [3.8, 4) is 0 Å². The zero-order valence-electron chi connectivity index (χ0n) is 8.36.